The fourth-order valence-corrected chi connectivity index (χ4v) is 4.42. The molecule has 1 aromatic rings. The third kappa shape index (κ3) is 4.32. The first-order valence-corrected chi connectivity index (χ1v) is 9.22. The van der Waals surface area contributed by atoms with E-state index in [1.54, 1.807) is 5.56 Å². The molecule has 2 aliphatic rings. The number of nitrogens with one attached hydrogen (secondary N) is 1. The van der Waals surface area contributed by atoms with Gasteiger partial charge in [-0.05, 0) is 43.2 Å². The van der Waals surface area contributed by atoms with Gasteiger partial charge in [0.1, 0.15) is 0 Å². The molecule has 21 heavy (non-hydrogen) atoms. The first kappa shape index (κ1) is 15.1. The Morgan fingerprint density at radius 3 is 2.33 bits per heavy atom. The zero-order valence-electron chi connectivity index (χ0n) is 13.4. The van der Waals surface area contributed by atoms with Crippen molar-refractivity contribution < 1.29 is 0 Å². The molecule has 2 aliphatic carbocycles. The number of hydrogen-bond acceptors (Lipinski definition) is 1. The second-order valence-corrected chi connectivity index (χ2v) is 7.15. The van der Waals surface area contributed by atoms with Crippen LogP contribution in [0.3, 0.4) is 0 Å². The second kappa shape index (κ2) is 7.98. The molecule has 0 saturated heterocycles. The van der Waals surface area contributed by atoms with Crippen LogP contribution in [0.15, 0.2) is 30.3 Å². The molecule has 0 radical (unpaired) electrons. The predicted molar refractivity (Wildman–Crippen MR) is 90.6 cm³/mol. The standard InChI is InChI=1S/C20H31N/c1-3-9-17(10-4-1)15-16-21-20-14-8-7-13-19(20)18-11-5-2-6-12-18/h2,5-6,11-12,17,19-21H,1,3-4,7-10,13-16H2. The lowest BCUT2D eigenvalue weighted by Crippen LogP contribution is -2.38. The summed E-state index contributed by atoms with van der Waals surface area (Å²) in [6.45, 7) is 1.23. The van der Waals surface area contributed by atoms with Crippen molar-refractivity contribution >= 4 is 0 Å². The van der Waals surface area contributed by atoms with E-state index in [1.807, 2.05) is 0 Å². The Balaban J connectivity index is 1.50. The van der Waals surface area contributed by atoms with E-state index in [0.717, 1.165) is 11.8 Å². The fraction of sp³-hybridized carbons (Fsp3) is 0.700. The molecule has 0 heterocycles. The summed E-state index contributed by atoms with van der Waals surface area (Å²) >= 11 is 0. The summed E-state index contributed by atoms with van der Waals surface area (Å²) in [5, 5.41) is 3.92. The van der Waals surface area contributed by atoms with Gasteiger partial charge in [-0.2, -0.15) is 0 Å². The van der Waals surface area contributed by atoms with Crippen LogP contribution in [-0.2, 0) is 0 Å². The van der Waals surface area contributed by atoms with E-state index in [-0.39, 0.29) is 0 Å². The molecular formula is C20H31N. The monoisotopic (exact) mass is 285 g/mol. The van der Waals surface area contributed by atoms with Crippen molar-refractivity contribution in [3.8, 4) is 0 Å². The van der Waals surface area contributed by atoms with Crippen LogP contribution in [-0.4, -0.2) is 12.6 Å². The van der Waals surface area contributed by atoms with E-state index in [0.29, 0.717) is 6.04 Å². The van der Waals surface area contributed by atoms with E-state index in [4.69, 9.17) is 0 Å². The van der Waals surface area contributed by atoms with Gasteiger partial charge in [-0.15, -0.1) is 0 Å². The van der Waals surface area contributed by atoms with Gasteiger partial charge in [0, 0.05) is 6.04 Å². The molecule has 0 spiro atoms. The number of rotatable bonds is 5. The summed E-state index contributed by atoms with van der Waals surface area (Å²) in [4.78, 5) is 0. The van der Waals surface area contributed by atoms with Crippen molar-refractivity contribution in [3.63, 3.8) is 0 Å². The van der Waals surface area contributed by atoms with Gasteiger partial charge in [0.05, 0.1) is 0 Å². The molecule has 2 unspecified atom stereocenters. The Kier molecular flexibility index (Phi) is 5.74. The minimum atomic E-state index is 0.713. The molecular weight excluding hydrogens is 254 g/mol. The van der Waals surface area contributed by atoms with E-state index in [9.17, 15) is 0 Å². The highest BCUT2D eigenvalue weighted by atomic mass is 14.9. The maximum atomic E-state index is 3.92. The Bertz CT molecular complexity index is 394. The van der Waals surface area contributed by atoms with E-state index in [1.165, 1.54) is 70.8 Å². The normalized spacial score (nSPS) is 27.6. The largest absolute Gasteiger partial charge is 0.313 e. The van der Waals surface area contributed by atoms with E-state index < -0.39 is 0 Å². The minimum Gasteiger partial charge on any atom is -0.313 e. The van der Waals surface area contributed by atoms with Gasteiger partial charge in [0.2, 0.25) is 0 Å². The molecule has 2 saturated carbocycles. The van der Waals surface area contributed by atoms with Gasteiger partial charge >= 0.3 is 0 Å². The Morgan fingerprint density at radius 2 is 1.52 bits per heavy atom. The van der Waals surface area contributed by atoms with Crippen LogP contribution in [0, 0.1) is 5.92 Å². The molecule has 1 heteroatoms. The van der Waals surface area contributed by atoms with Crippen LogP contribution in [0.2, 0.25) is 0 Å². The van der Waals surface area contributed by atoms with E-state index in [2.05, 4.69) is 35.6 Å². The lowest BCUT2D eigenvalue weighted by Gasteiger charge is -2.33. The maximum absolute atomic E-state index is 3.92. The molecule has 2 atom stereocenters. The highest BCUT2D eigenvalue weighted by Gasteiger charge is 2.26. The van der Waals surface area contributed by atoms with Crippen molar-refractivity contribution in [1.29, 1.82) is 0 Å². The van der Waals surface area contributed by atoms with Gasteiger partial charge in [-0.3, -0.25) is 0 Å². The third-order valence-electron chi connectivity index (χ3n) is 5.68. The Labute approximate surface area is 130 Å². The topological polar surface area (TPSA) is 12.0 Å². The summed E-state index contributed by atoms with van der Waals surface area (Å²) in [5.74, 6) is 1.75. The summed E-state index contributed by atoms with van der Waals surface area (Å²) in [6, 6.07) is 11.9. The Morgan fingerprint density at radius 1 is 0.810 bits per heavy atom. The van der Waals surface area contributed by atoms with Crippen molar-refractivity contribution in [2.24, 2.45) is 5.92 Å². The van der Waals surface area contributed by atoms with Crippen LogP contribution in [0.4, 0.5) is 0 Å². The van der Waals surface area contributed by atoms with Crippen molar-refractivity contribution in [1.82, 2.24) is 5.32 Å². The first-order valence-electron chi connectivity index (χ1n) is 9.22. The van der Waals surface area contributed by atoms with Crippen molar-refractivity contribution in [2.45, 2.75) is 76.2 Å². The smallest absolute Gasteiger partial charge is 0.0136 e. The number of benzene rings is 1. The summed E-state index contributed by atoms with van der Waals surface area (Å²) in [6.07, 6.45) is 14.3. The lowest BCUT2D eigenvalue weighted by atomic mass is 9.79. The second-order valence-electron chi connectivity index (χ2n) is 7.15. The average molecular weight is 285 g/mol. The molecule has 1 nitrogen and oxygen atoms in total. The molecule has 1 N–H and O–H groups in total. The molecule has 0 aliphatic heterocycles. The van der Waals surface area contributed by atoms with Crippen molar-refractivity contribution in [2.75, 3.05) is 6.54 Å². The fourth-order valence-electron chi connectivity index (χ4n) is 4.42. The zero-order valence-corrected chi connectivity index (χ0v) is 13.4. The van der Waals surface area contributed by atoms with Crippen LogP contribution in [0.5, 0.6) is 0 Å². The van der Waals surface area contributed by atoms with Gasteiger partial charge in [0.25, 0.3) is 0 Å². The predicted octanol–water partition coefficient (Wildman–Crippen LogP) is 5.27. The molecule has 0 aromatic heterocycles. The Hall–Kier alpha value is -0.820. The van der Waals surface area contributed by atoms with Gasteiger partial charge < -0.3 is 5.32 Å². The SMILES string of the molecule is c1ccc(C2CCCCC2NCCC2CCCCC2)cc1. The highest BCUT2D eigenvalue weighted by Crippen LogP contribution is 2.33. The maximum Gasteiger partial charge on any atom is 0.0136 e. The van der Waals surface area contributed by atoms with Gasteiger partial charge in [-0.25, -0.2) is 0 Å². The lowest BCUT2D eigenvalue weighted by molar-refractivity contribution is 0.294. The van der Waals surface area contributed by atoms with Crippen LogP contribution >= 0.6 is 0 Å². The van der Waals surface area contributed by atoms with Gasteiger partial charge in [0.15, 0.2) is 0 Å². The zero-order chi connectivity index (χ0) is 14.3. The first-order chi connectivity index (χ1) is 10.4. The van der Waals surface area contributed by atoms with E-state index >= 15 is 0 Å². The quantitative estimate of drug-likeness (QED) is 0.777. The highest BCUT2D eigenvalue weighted by molar-refractivity contribution is 5.21. The molecule has 0 bridgehead atoms. The molecule has 116 valence electrons. The molecule has 3 rings (SSSR count). The molecule has 0 amide bonds. The summed E-state index contributed by atoms with van der Waals surface area (Å²) in [7, 11) is 0. The number of hydrogen-bond donors (Lipinski definition) is 1. The minimum absolute atomic E-state index is 0.713. The third-order valence-corrected chi connectivity index (χ3v) is 5.68. The van der Waals surface area contributed by atoms with Crippen LogP contribution < -0.4 is 5.32 Å². The van der Waals surface area contributed by atoms with Crippen molar-refractivity contribution in [3.05, 3.63) is 35.9 Å². The summed E-state index contributed by atoms with van der Waals surface area (Å²) < 4.78 is 0. The van der Waals surface area contributed by atoms with Crippen LogP contribution in [0.1, 0.15) is 75.7 Å². The summed E-state index contributed by atoms with van der Waals surface area (Å²) in [5.41, 5.74) is 1.55. The van der Waals surface area contributed by atoms with Crippen LogP contribution in [0.25, 0.3) is 0 Å². The molecule has 1 aromatic carbocycles. The molecule has 2 fully saturated rings. The van der Waals surface area contributed by atoms with Gasteiger partial charge in [-0.1, -0.05) is 75.3 Å². The average Bonchev–Trinajstić information content (AvgIpc) is 2.57.